The number of ether oxygens (including phenoxy) is 2. The Morgan fingerprint density at radius 3 is 1.89 bits per heavy atom. The molecule has 0 radical (unpaired) electrons. The fourth-order valence-electron chi connectivity index (χ4n) is 5.59. The molecule has 5 N–H and O–H groups in total. The molecule has 0 unspecified atom stereocenters. The van der Waals surface area contributed by atoms with E-state index in [1.165, 1.54) is 63.6 Å². The van der Waals surface area contributed by atoms with Crippen LogP contribution < -0.4 is 15.8 Å². The molecule has 62 heavy (non-hydrogen) atoms. The van der Waals surface area contributed by atoms with Gasteiger partial charge in [0.15, 0.2) is 0 Å². The van der Waals surface area contributed by atoms with Crippen molar-refractivity contribution >= 4 is 45.7 Å². The highest BCUT2D eigenvalue weighted by atomic mass is 16.6. The highest BCUT2D eigenvalue weighted by Gasteiger charge is 2.19. The maximum absolute atomic E-state index is 12.1. The quantitative estimate of drug-likeness (QED) is 0.0416. The molecule has 0 spiro atoms. The van der Waals surface area contributed by atoms with Crippen LogP contribution in [-0.4, -0.2) is 98.0 Å². The van der Waals surface area contributed by atoms with Crippen molar-refractivity contribution in [2.24, 2.45) is 5.73 Å². The fraction of sp³-hybridized carbons (Fsp3) is 0.500. The molecule has 5 aromatic rings. The second-order valence-electron chi connectivity index (χ2n) is 14.7. The number of Topliss-reactive ketones (excluding diaryl/α,β-unsaturated/α-hetero) is 1. The molecule has 0 aliphatic heterocycles. The van der Waals surface area contributed by atoms with Crippen molar-refractivity contribution < 1.29 is 31.5 Å². The maximum atomic E-state index is 12.1. The lowest BCUT2D eigenvalue weighted by atomic mass is 10.0. The number of pyridine rings is 2. The van der Waals surface area contributed by atoms with Gasteiger partial charge in [0.25, 0.3) is 5.69 Å². The topological polar surface area (TPSA) is 215 Å². The molecule has 16 nitrogen and oxygen atoms in total. The minimum Gasteiger partial charge on any atom is -0.444 e. The molecule has 4 heterocycles. The van der Waals surface area contributed by atoms with Crippen LogP contribution in [-0.2, 0) is 22.5 Å². The van der Waals surface area contributed by atoms with Gasteiger partial charge in [0.05, 0.1) is 4.92 Å². The van der Waals surface area contributed by atoms with Crippen LogP contribution >= 0.6 is 0 Å². The summed E-state index contributed by atoms with van der Waals surface area (Å²) in [6.45, 7) is 19.3. The monoisotopic (exact) mass is 866 g/mol. The molecule has 1 aromatic carbocycles. The number of nitrogens with two attached hydrogens (primary N) is 1. The SMILES string of the molecule is CCCCNC(=O)Oc1ccc([N+](=O)[O-])cc1.CCN(CC)CC.CN(CCCC(=O)CCc1ccnc2[nH]ccc12)C(=O)OC(C)(C)C.NCc1ccnc2[nH]ccc12.[2H]C.[2H]C. The molecule has 0 atom stereocenters. The maximum Gasteiger partial charge on any atom is 0.412 e. The smallest absolute Gasteiger partial charge is 0.412 e. The number of carbonyl (C=O) groups is 3. The highest BCUT2D eigenvalue weighted by molar-refractivity contribution is 5.82. The van der Waals surface area contributed by atoms with Gasteiger partial charge in [-0.05, 0) is 107 Å². The lowest BCUT2D eigenvalue weighted by Crippen LogP contribution is -2.34. The summed E-state index contributed by atoms with van der Waals surface area (Å²) in [5, 5.41) is 15.2. The Labute approximate surface area is 371 Å². The van der Waals surface area contributed by atoms with Crippen LogP contribution in [0.25, 0.3) is 22.1 Å². The number of non-ortho nitro benzene ring substituents is 1. The summed E-state index contributed by atoms with van der Waals surface area (Å²) in [6.07, 6.45) is 10.5. The molecule has 16 heteroatoms. The van der Waals surface area contributed by atoms with Crippen LogP contribution in [0.4, 0.5) is 15.3 Å². The first-order valence-corrected chi connectivity index (χ1v) is 20.6. The number of nitrogens with zero attached hydrogens (tertiary/aromatic N) is 5. The van der Waals surface area contributed by atoms with E-state index in [0.29, 0.717) is 45.3 Å². The van der Waals surface area contributed by atoms with E-state index in [4.69, 9.17) is 17.9 Å². The number of fused-ring (bicyclic) bond motifs is 2. The van der Waals surface area contributed by atoms with E-state index in [1.807, 2.05) is 64.4 Å². The molecule has 5 rings (SSSR count). The minimum absolute atomic E-state index is 0.0382. The Bertz CT molecular complexity index is 2030. The number of nitro benzene ring substituents is 1. The van der Waals surface area contributed by atoms with Crippen molar-refractivity contribution in [3.05, 3.63) is 94.6 Å². The summed E-state index contributed by atoms with van der Waals surface area (Å²) < 4.78 is 21.7. The minimum atomic E-state index is -0.549. The number of aromatic nitrogens is 4. The second-order valence-corrected chi connectivity index (χ2v) is 14.7. The van der Waals surface area contributed by atoms with Crippen LogP contribution in [0.3, 0.4) is 0 Å². The zero-order valence-corrected chi connectivity index (χ0v) is 38.6. The molecule has 0 saturated carbocycles. The average molecular weight is 866 g/mol. The summed E-state index contributed by atoms with van der Waals surface area (Å²) in [7, 11) is 4.19. The van der Waals surface area contributed by atoms with Crippen LogP contribution in [0.1, 0.15) is 109 Å². The van der Waals surface area contributed by atoms with E-state index >= 15 is 0 Å². The summed E-state index contributed by atoms with van der Waals surface area (Å²) in [4.78, 5) is 63.5. The number of unbranched alkanes of at least 4 members (excludes halogenated alkanes) is 1. The van der Waals surface area contributed by atoms with Crippen molar-refractivity contribution in [3.8, 4) is 5.75 Å². The molecule has 0 fully saturated rings. The first-order chi connectivity index (χ1) is 30.7. The normalized spacial score (nSPS) is 10.6. The zero-order chi connectivity index (χ0) is 48.5. The molecular weight excluding hydrogens is 791 g/mol. The van der Waals surface area contributed by atoms with Crippen molar-refractivity contribution in [2.45, 2.75) is 114 Å². The Hall–Kier alpha value is -5.87. The van der Waals surface area contributed by atoms with Gasteiger partial charge in [-0.15, -0.1) is 0 Å². The molecule has 4 aromatic heterocycles. The fourth-order valence-corrected chi connectivity index (χ4v) is 5.59. The number of H-pyrrole nitrogens is 2. The third kappa shape index (κ3) is 21.1. The van der Waals surface area contributed by atoms with E-state index < -0.39 is 16.6 Å². The third-order valence-electron chi connectivity index (χ3n) is 9.05. The van der Waals surface area contributed by atoms with Crippen LogP contribution in [0, 0.1) is 10.1 Å². The number of aryl methyl sites for hydroxylation is 1. The van der Waals surface area contributed by atoms with E-state index in [1.54, 1.807) is 19.4 Å². The van der Waals surface area contributed by atoms with Gasteiger partial charge in [-0.1, -0.05) is 48.9 Å². The Morgan fingerprint density at radius 2 is 1.40 bits per heavy atom. The molecule has 344 valence electrons. The van der Waals surface area contributed by atoms with Crippen molar-refractivity contribution in [1.82, 2.24) is 35.1 Å². The predicted octanol–water partition coefficient (Wildman–Crippen LogP) is 9.84. The largest absolute Gasteiger partial charge is 0.444 e. The number of rotatable bonds is 16. The van der Waals surface area contributed by atoms with Crippen LogP contribution in [0.2, 0.25) is 0 Å². The van der Waals surface area contributed by atoms with Crippen LogP contribution in [0.5, 0.6) is 5.75 Å². The standard InChI is InChI=1S/C19H27N3O3.C11H14N2O4.C8H9N3.C6H15N.2CH4/c1-19(2,3)25-18(24)22(4)13-5-6-15(23)8-7-14-9-11-20-17-16(14)10-12-21-17;1-2-3-8-12-11(14)17-10-6-4-9(5-7-10)13(15)16;9-5-6-1-3-10-8-7(6)2-4-11-8;1-4-7(5-2)6-3;;/h9-12H,5-8,13H2,1-4H3,(H,20,21);4-7H,2-3,8H2,1H3,(H,12,14);1-4H,5,9H2,(H,10,11);4-6H2,1-3H3;2*1H4/i;;;;2*1D. The van der Waals surface area contributed by atoms with Gasteiger partial charge in [-0.3, -0.25) is 14.9 Å². The zero-order valence-electron chi connectivity index (χ0n) is 40.6. The number of carbonyl (C=O) groups excluding carboxylic acids is 3. The van der Waals surface area contributed by atoms with Crippen molar-refractivity contribution in [1.29, 1.82) is 0 Å². The highest BCUT2D eigenvalue weighted by Crippen LogP contribution is 2.19. The summed E-state index contributed by atoms with van der Waals surface area (Å²) >= 11 is 0. The Morgan fingerprint density at radius 1 is 0.855 bits per heavy atom. The Balaban J connectivity index is 0.000000877. The van der Waals surface area contributed by atoms with Gasteiger partial charge >= 0.3 is 12.2 Å². The van der Waals surface area contributed by atoms with E-state index in [2.05, 4.69) is 50.9 Å². The van der Waals surface area contributed by atoms with Crippen LogP contribution in [0.15, 0.2) is 73.3 Å². The molecular formula is C46H73N9O7. The van der Waals surface area contributed by atoms with Gasteiger partial charge < -0.3 is 40.3 Å². The Kier molecular flexibility index (Phi) is 25.5. The molecule has 2 amide bonds. The summed E-state index contributed by atoms with van der Waals surface area (Å²) in [6, 6.07) is 13.2. The first-order valence-electron chi connectivity index (χ1n) is 22.6. The van der Waals surface area contributed by atoms with Crippen molar-refractivity contribution in [2.75, 3.05) is 39.8 Å². The number of benzene rings is 1. The summed E-state index contributed by atoms with van der Waals surface area (Å²) in [5.74, 6) is 0.489. The average Bonchev–Trinajstić information content (AvgIpc) is 3.99. The van der Waals surface area contributed by atoms with Crippen molar-refractivity contribution in [3.63, 3.8) is 0 Å². The predicted molar refractivity (Wildman–Crippen MR) is 250 cm³/mol. The lowest BCUT2D eigenvalue weighted by molar-refractivity contribution is -0.384. The van der Waals surface area contributed by atoms with E-state index in [-0.39, 0.29) is 23.3 Å². The number of aromatic amines is 2. The number of ketones is 1. The molecule has 0 aliphatic rings. The number of nitro groups is 1. The van der Waals surface area contributed by atoms with E-state index in [0.717, 1.165) is 46.0 Å². The third-order valence-corrected chi connectivity index (χ3v) is 9.05. The number of hydrogen-bond donors (Lipinski definition) is 4. The van der Waals surface area contributed by atoms with Gasteiger partial charge in [-0.2, -0.15) is 0 Å². The van der Waals surface area contributed by atoms with E-state index in [9.17, 15) is 24.5 Å². The first kappa shape index (κ1) is 52.3. The van der Waals surface area contributed by atoms with Gasteiger partial charge in [0.2, 0.25) is 0 Å². The van der Waals surface area contributed by atoms with Gasteiger partial charge in [0, 0.05) is 90.0 Å². The number of amides is 2. The molecule has 0 saturated heterocycles. The number of nitrogens with one attached hydrogen (secondary N) is 3. The molecule has 0 aliphatic carbocycles. The second kappa shape index (κ2) is 30.2. The van der Waals surface area contributed by atoms with Gasteiger partial charge in [0.1, 0.15) is 28.4 Å². The summed E-state index contributed by atoms with van der Waals surface area (Å²) in [5.41, 5.74) is 9.02. The lowest BCUT2D eigenvalue weighted by Gasteiger charge is -2.24. The van der Waals surface area contributed by atoms with Gasteiger partial charge in [-0.25, -0.2) is 19.6 Å². The molecule has 0 bridgehead atoms. The number of hydrogen-bond acceptors (Lipinski definition) is 11.